The Kier molecular flexibility index (Phi) is 3.43. The number of rotatable bonds is 4. The van der Waals surface area contributed by atoms with Crippen molar-refractivity contribution in [2.24, 2.45) is 0 Å². The van der Waals surface area contributed by atoms with Crippen molar-refractivity contribution >= 4 is 27.2 Å². The molecule has 0 aliphatic rings. The van der Waals surface area contributed by atoms with E-state index in [9.17, 15) is 4.79 Å². The largest absolute Gasteiger partial charge is 0.293 e. The minimum absolute atomic E-state index is 0.241. The van der Waals surface area contributed by atoms with Gasteiger partial charge in [-0.2, -0.15) is 0 Å². The van der Waals surface area contributed by atoms with Gasteiger partial charge in [0.25, 0.3) is 0 Å². The smallest absolute Gasteiger partial charge is 0.173 e. The Morgan fingerprint density at radius 3 is 2.47 bits per heavy atom. The van der Waals surface area contributed by atoms with Crippen LogP contribution in [0.3, 0.4) is 0 Å². The van der Waals surface area contributed by atoms with E-state index in [0.717, 1.165) is 16.7 Å². The van der Waals surface area contributed by atoms with Crippen molar-refractivity contribution in [3.8, 4) is 0 Å². The Morgan fingerprint density at radius 2 is 1.68 bits per heavy atom. The van der Waals surface area contributed by atoms with Gasteiger partial charge in [-0.25, -0.2) is 0 Å². The molecule has 0 spiro atoms. The van der Waals surface area contributed by atoms with E-state index in [1.807, 2.05) is 36.4 Å². The lowest BCUT2D eigenvalue weighted by Gasteiger charge is -1.99. The Hall–Kier alpha value is -1.93. The summed E-state index contributed by atoms with van der Waals surface area (Å²) in [7, 11) is 0. The molecule has 19 heavy (non-hydrogen) atoms. The molecular formula is C17H14OS. The average molecular weight is 266 g/mol. The maximum Gasteiger partial charge on any atom is 0.173 e. The molecule has 0 saturated heterocycles. The molecule has 94 valence electrons. The Balaban J connectivity index is 1.73. The van der Waals surface area contributed by atoms with Crippen LogP contribution in [0.1, 0.15) is 21.7 Å². The third-order valence-corrected chi connectivity index (χ3v) is 4.34. The van der Waals surface area contributed by atoms with Crippen LogP contribution >= 0.6 is 11.3 Å². The summed E-state index contributed by atoms with van der Waals surface area (Å²) in [5.41, 5.74) is 1.22. The maximum atomic E-state index is 12.2. The fraction of sp³-hybridized carbons (Fsp3) is 0.118. The van der Waals surface area contributed by atoms with Crippen LogP contribution in [-0.2, 0) is 6.42 Å². The lowest BCUT2D eigenvalue weighted by Crippen LogP contribution is -1.98. The molecule has 0 N–H and O–H groups in total. The summed E-state index contributed by atoms with van der Waals surface area (Å²) in [4.78, 5) is 13.1. The predicted octanol–water partition coefficient (Wildman–Crippen LogP) is 4.72. The molecule has 0 unspecified atom stereocenters. The molecule has 0 radical (unpaired) electrons. The highest BCUT2D eigenvalue weighted by atomic mass is 32.1. The van der Waals surface area contributed by atoms with E-state index in [0.29, 0.717) is 6.42 Å². The zero-order valence-corrected chi connectivity index (χ0v) is 11.3. The van der Waals surface area contributed by atoms with Gasteiger partial charge in [0.15, 0.2) is 5.78 Å². The van der Waals surface area contributed by atoms with Gasteiger partial charge in [-0.15, -0.1) is 11.3 Å². The van der Waals surface area contributed by atoms with Crippen LogP contribution in [0.2, 0.25) is 0 Å². The summed E-state index contributed by atoms with van der Waals surface area (Å²) in [6.45, 7) is 0. The number of Topliss-reactive ketones (excluding diaryl/α,β-unsaturated/α-hetero) is 1. The highest BCUT2D eigenvalue weighted by molar-refractivity contribution is 7.20. The van der Waals surface area contributed by atoms with Crippen LogP contribution < -0.4 is 0 Å². The van der Waals surface area contributed by atoms with Crippen LogP contribution in [0, 0.1) is 0 Å². The molecule has 2 aromatic carbocycles. The second-order valence-corrected chi connectivity index (χ2v) is 5.64. The van der Waals surface area contributed by atoms with Crippen molar-refractivity contribution in [3.63, 3.8) is 0 Å². The standard InChI is InChI=1S/C17H14OS/c18-15(11-10-13-6-2-1-3-7-13)17-12-14-8-4-5-9-16(14)19-17/h1-9,12H,10-11H2. The zero-order chi connectivity index (χ0) is 13.1. The lowest BCUT2D eigenvalue weighted by molar-refractivity contribution is 0.0987. The van der Waals surface area contributed by atoms with Crippen molar-refractivity contribution in [2.75, 3.05) is 0 Å². The highest BCUT2D eigenvalue weighted by Crippen LogP contribution is 2.26. The van der Waals surface area contributed by atoms with Crippen molar-refractivity contribution in [3.05, 3.63) is 71.1 Å². The molecule has 1 aromatic heterocycles. The van der Waals surface area contributed by atoms with Crippen LogP contribution in [0.4, 0.5) is 0 Å². The first-order chi connectivity index (χ1) is 9.33. The molecule has 3 rings (SSSR count). The molecule has 3 aromatic rings. The van der Waals surface area contributed by atoms with E-state index in [-0.39, 0.29) is 5.78 Å². The van der Waals surface area contributed by atoms with Gasteiger partial charge < -0.3 is 0 Å². The van der Waals surface area contributed by atoms with E-state index >= 15 is 0 Å². The van der Waals surface area contributed by atoms with Gasteiger partial charge in [-0.05, 0) is 29.5 Å². The van der Waals surface area contributed by atoms with Gasteiger partial charge in [-0.3, -0.25) is 4.79 Å². The summed E-state index contributed by atoms with van der Waals surface area (Å²) in [6.07, 6.45) is 1.39. The third-order valence-electron chi connectivity index (χ3n) is 3.18. The lowest BCUT2D eigenvalue weighted by atomic mass is 10.1. The number of aryl methyl sites for hydroxylation is 1. The predicted molar refractivity (Wildman–Crippen MR) is 80.9 cm³/mol. The number of carbonyl (C=O) groups excluding carboxylic acids is 1. The van der Waals surface area contributed by atoms with Gasteiger partial charge in [0.1, 0.15) is 0 Å². The summed E-state index contributed by atoms with van der Waals surface area (Å²) in [5.74, 6) is 0.241. The molecule has 0 amide bonds. The average Bonchev–Trinajstić information content (AvgIpc) is 2.90. The molecule has 1 heterocycles. The van der Waals surface area contributed by atoms with Crippen molar-refractivity contribution in [1.82, 2.24) is 0 Å². The van der Waals surface area contributed by atoms with E-state index in [2.05, 4.69) is 24.3 Å². The summed E-state index contributed by atoms with van der Waals surface area (Å²) < 4.78 is 1.19. The number of hydrogen-bond acceptors (Lipinski definition) is 2. The molecule has 0 fully saturated rings. The molecule has 2 heteroatoms. The maximum absolute atomic E-state index is 12.2. The Labute approximate surface area is 116 Å². The molecule has 0 aliphatic carbocycles. The quantitative estimate of drug-likeness (QED) is 0.625. The van der Waals surface area contributed by atoms with Crippen LogP contribution in [-0.4, -0.2) is 5.78 Å². The van der Waals surface area contributed by atoms with Crippen LogP contribution in [0.5, 0.6) is 0 Å². The van der Waals surface area contributed by atoms with Gasteiger partial charge in [0, 0.05) is 11.1 Å². The number of benzene rings is 2. The number of hydrogen-bond donors (Lipinski definition) is 0. The number of thiophene rings is 1. The SMILES string of the molecule is O=C(CCc1ccccc1)c1cc2ccccc2s1. The third kappa shape index (κ3) is 2.74. The van der Waals surface area contributed by atoms with E-state index in [4.69, 9.17) is 0 Å². The van der Waals surface area contributed by atoms with Crippen molar-refractivity contribution < 1.29 is 4.79 Å². The number of fused-ring (bicyclic) bond motifs is 1. The summed E-state index contributed by atoms with van der Waals surface area (Å²) in [5, 5.41) is 1.16. The molecule has 0 aliphatic heterocycles. The topological polar surface area (TPSA) is 17.1 Å². The second kappa shape index (κ2) is 5.37. The molecule has 0 bridgehead atoms. The first kappa shape index (κ1) is 12.1. The van der Waals surface area contributed by atoms with Gasteiger partial charge in [0.05, 0.1) is 4.88 Å². The van der Waals surface area contributed by atoms with Crippen LogP contribution in [0.25, 0.3) is 10.1 Å². The monoisotopic (exact) mass is 266 g/mol. The minimum Gasteiger partial charge on any atom is -0.293 e. The normalized spacial score (nSPS) is 10.7. The summed E-state index contributed by atoms with van der Waals surface area (Å²) >= 11 is 1.59. The molecular weight excluding hydrogens is 252 g/mol. The van der Waals surface area contributed by atoms with E-state index in [1.165, 1.54) is 10.3 Å². The molecule has 0 saturated carbocycles. The zero-order valence-electron chi connectivity index (χ0n) is 10.5. The molecule has 0 atom stereocenters. The van der Waals surface area contributed by atoms with Gasteiger partial charge in [-0.1, -0.05) is 48.5 Å². The van der Waals surface area contributed by atoms with Gasteiger partial charge in [0.2, 0.25) is 0 Å². The van der Waals surface area contributed by atoms with Crippen molar-refractivity contribution in [1.29, 1.82) is 0 Å². The van der Waals surface area contributed by atoms with Crippen LogP contribution in [0.15, 0.2) is 60.7 Å². The van der Waals surface area contributed by atoms with E-state index in [1.54, 1.807) is 11.3 Å². The number of ketones is 1. The molecule has 1 nitrogen and oxygen atoms in total. The number of carbonyl (C=O) groups is 1. The second-order valence-electron chi connectivity index (χ2n) is 4.56. The first-order valence-electron chi connectivity index (χ1n) is 6.38. The first-order valence-corrected chi connectivity index (χ1v) is 7.20. The fourth-order valence-electron chi connectivity index (χ4n) is 2.15. The van der Waals surface area contributed by atoms with E-state index < -0.39 is 0 Å². The summed E-state index contributed by atoms with van der Waals surface area (Å²) in [6, 6.07) is 20.3. The highest BCUT2D eigenvalue weighted by Gasteiger charge is 2.10. The Bertz CT molecular complexity index is 664. The van der Waals surface area contributed by atoms with Gasteiger partial charge >= 0.3 is 0 Å². The van der Waals surface area contributed by atoms with Crippen molar-refractivity contribution in [2.45, 2.75) is 12.8 Å². The Morgan fingerprint density at radius 1 is 0.947 bits per heavy atom. The fourth-order valence-corrected chi connectivity index (χ4v) is 3.18. The minimum atomic E-state index is 0.241.